The summed E-state index contributed by atoms with van der Waals surface area (Å²) in [6.45, 7) is 1.67. The van der Waals surface area contributed by atoms with Crippen molar-refractivity contribution in [3.05, 3.63) is 69.0 Å². The zero-order valence-corrected chi connectivity index (χ0v) is 11.5. The molecule has 0 heterocycles. The third-order valence-electron chi connectivity index (χ3n) is 2.79. The van der Waals surface area contributed by atoms with E-state index in [4.69, 9.17) is 0 Å². The molecule has 0 saturated carbocycles. The smallest absolute Gasteiger partial charge is 0.123 e. The van der Waals surface area contributed by atoms with Gasteiger partial charge in [0, 0.05) is 3.57 Å². The van der Waals surface area contributed by atoms with Crippen molar-refractivity contribution in [1.29, 1.82) is 0 Å². The summed E-state index contributed by atoms with van der Waals surface area (Å²) in [5.74, 6) is -0.340. The molecule has 1 atom stereocenters. The van der Waals surface area contributed by atoms with Gasteiger partial charge >= 0.3 is 0 Å². The third-order valence-corrected chi connectivity index (χ3v) is 3.51. The molecule has 0 aromatic heterocycles. The molecular formula is C14H12FIO. The molecule has 17 heavy (non-hydrogen) atoms. The van der Waals surface area contributed by atoms with Crippen LogP contribution in [0.2, 0.25) is 0 Å². The first kappa shape index (κ1) is 12.5. The third kappa shape index (κ3) is 2.66. The molecule has 1 N–H and O–H groups in total. The first-order valence-electron chi connectivity index (χ1n) is 5.24. The Balaban J connectivity index is 2.45. The lowest BCUT2D eigenvalue weighted by molar-refractivity contribution is 0.102. The van der Waals surface area contributed by atoms with Gasteiger partial charge in [-0.1, -0.05) is 24.3 Å². The highest BCUT2D eigenvalue weighted by atomic mass is 127. The fourth-order valence-electron chi connectivity index (χ4n) is 1.73. The Morgan fingerprint density at radius 1 is 1.06 bits per heavy atom. The molecule has 2 rings (SSSR count). The predicted octanol–water partition coefficient (Wildman–Crippen LogP) is 3.69. The maximum Gasteiger partial charge on any atom is 0.123 e. The van der Waals surface area contributed by atoms with Crippen molar-refractivity contribution in [3.8, 4) is 0 Å². The van der Waals surface area contributed by atoms with Gasteiger partial charge in [-0.25, -0.2) is 4.39 Å². The summed E-state index contributed by atoms with van der Waals surface area (Å²) < 4.78 is 14.3. The Morgan fingerprint density at radius 2 is 1.71 bits per heavy atom. The van der Waals surface area contributed by atoms with Gasteiger partial charge in [-0.05, 0) is 64.9 Å². The number of hydrogen-bond acceptors (Lipinski definition) is 1. The predicted molar refractivity (Wildman–Crippen MR) is 74.2 cm³/mol. The quantitative estimate of drug-likeness (QED) is 0.826. The van der Waals surface area contributed by atoms with Gasteiger partial charge in [0.15, 0.2) is 0 Å². The Bertz CT molecular complexity index is 520. The Kier molecular flexibility index (Phi) is 3.49. The summed E-state index contributed by atoms with van der Waals surface area (Å²) in [4.78, 5) is 0. The van der Waals surface area contributed by atoms with E-state index in [1.165, 1.54) is 12.1 Å². The fourth-order valence-corrected chi connectivity index (χ4v) is 2.09. The fraction of sp³-hybridized carbons (Fsp3) is 0.143. The number of benzene rings is 2. The van der Waals surface area contributed by atoms with Crippen molar-refractivity contribution >= 4 is 22.6 Å². The minimum absolute atomic E-state index is 0.340. The molecule has 1 unspecified atom stereocenters. The molecule has 0 aliphatic heterocycles. The van der Waals surface area contributed by atoms with Crippen LogP contribution in [0.1, 0.15) is 18.1 Å². The molecule has 3 heteroatoms. The van der Waals surface area contributed by atoms with E-state index < -0.39 is 5.60 Å². The second-order valence-electron chi connectivity index (χ2n) is 4.09. The van der Waals surface area contributed by atoms with E-state index in [1.807, 2.05) is 24.3 Å². The highest BCUT2D eigenvalue weighted by Gasteiger charge is 2.25. The highest BCUT2D eigenvalue weighted by Crippen LogP contribution is 2.29. The van der Waals surface area contributed by atoms with Crippen LogP contribution in [0.25, 0.3) is 0 Å². The molecule has 0 radical (unpaired) electrons. The molecule has 0 aliphatic rings. The monoisotopic (exact) mass is 342 g/mol. The van der Waals surface area contributed by atoms with Crippen LogP contribution in [0.15, 0.2) is 48.5 Å². The zero-order chi connectivity index (χ0) is 12.5. The van der Waals surface area contributed by atoms with E-state index in [-0.39, 0.29) is 5.82 Å². The van der Waals surface area contributed by atoms with Crippen molar-refractivity contribution < 1.29 is 9.50 Å². The molecular weight excluding hydrogens is 330 g/mol. The van der Waals surface area contributed by atoms with Gasteiger partial charge in [0.25, 0.3) is 0 Å². The van der Waals surface area contributed by atoms with Gasteiger partial charge in [-0.15, -0.1) is 0 Å². The van der Waals surface area contributed by atoms with Crippen molar-refractivity contribution in [2.24, 2.45) is 0 Å². The molecule has 0 spiro atoms. The standard InChI is InChI=1S/C14H12FIO/c1-14(17,10-5-7-13(16)8-6-10)11-3-2-4-12(15)9-11/h2-9,17H,1H3. The first-order chi connectivity index (χ1) is 8.00. The zero-order valence-electron chi connectivity index (χ0n) is 9.32. The Morgan fingerprint density at radius 3 is 2.29 bits per heavy atom. The van der Waals surface area contributed by atoms with Crippen molar-refractivity contribution in [1.82, 2.24) is 0 Å². The van der Waals surface area contributed by atoms with Crippen molar-refractivity contribution in [2.45, 2.75) is 12.5 Å². The van der Waals surface area contributed by atoms with Gasteiger partial charge in [-0.3, -0.25) is 0 Å². The lowest BCUT2D eigenvalue weighted by atomic mass is 9.88. The molecule has 88 valence electrons. The normalized spacial score (nSPS) is 14.4. The average Bonchev–Trinajstić information content (AvgIpc) is 2.29. The van der Waals surface area contributed by atoms with E-state index in [9.17, 15) is 9.50 Å². The molecule has 0 fully saturated rings. The maximum atomic E-state index is 13.2. The van der Waals surface area contributed by atoms with Gasteiger partial charge in [-0.2, -0.15) is 0 Å². The van der Waals surface area contributed by atoms with E-state index in [2.05, 4.69) is 22.6 Å². The van der Waals surface area contributed by atoms with E-state index in [1.54, 1.807) is 19.1 Å². The Labute approximate surface area is 113 Å². The van der Waals surface area contributed by atoms with Gasteiger partial charge < -0.3 is 5.11 Å². The summed E-state index contributed by atoms with van der Waals surface area (Å²) in [6.07, 6.45) is 0. The van der Waals surface area contributed by atoms with E-state index >= 15 is 0 Å². The van der Waals surface area contributed by atoms with Crippen LogP contribution in [0.5, 0.6) is 0 Å². The molecule has 2 aromatic rings. The van der Waals surface area contributed by atoms with Crippen molar-refractivity contribution in [3.63, 3.8) is 0 Å². The molecule has 1 nitrogen and oxygen atoms in total. The van der Waals surface area contributed by atoms with E-state index in [0.29, 0.717) is 5.56 Å². The number of rotatable bonds is 2. The summed E-state index contributed by atoms with van der Waals surface area (Å²) in [5.41, 5.74) is 0.133. The molecule has 0 bridgehead atoms. The first-order valence-corrected chi connectivity index (χ1v) is 6.32. The summed E-state index contributed by atoms with van der Waals surface area (Å²) in [7, 11) is 0. The number of aliphatic hydroxyl groups is 1. The van der Waals surface area contributed by atoms with Crippen LogP contribution < -0.4 is 0 Å². The number of hydrogen-bond donors (Lipinski definition) is 1. The van der Waals surface area contributed by atoms with Crippen LogP contribution >= 0.6 is 22.6 Å². The van der Waals surface area contributed by atoms with Crippen LogP contribution in [0.3, 0.4) is 0 Å². The molecule has 0 amide bonds. The second-order valence-corrected chi connectivity index (χ2v) is 5.34. The topological polar surface area (TPSA) is 20.2 Å². The van der Waals surface area contributed by atoms with Crippen LogP contribution in [-0.2, 0) is 5.60 Å². The van der Waals surface area contributed by atoms with Gasteiger partial charge in [0.1, 0.15) is 11.4 Å². The van der Waals surface area contributed by atoms with Gasteiger partial charge in [0.05, 0.1) is 0 Å². The summed E-state index contributed by atoms with van der Waals surface area (Å²) in [5, 5.41) is 10.5. The lowest BCUT2D eigenvalue weighted by Gasteiger charge is -2.24. The minimum atomic E-state index is -1.17. The van der Waals surface area contributed by atoms with Crippen LogP contribution in [0.4, 0.5) is 4.39 Å². The Hall–Kier alpha value is -0.940. The molecule has 2 aromatic carbocycles. The molecule has 0 aliphatic carbocycles. The summed E-state index contributed by atoms with van der Waals surface area (Å²) in [6, 6.07) is 13.6. The lowest BCUT2D eigenvalue weighted by Crippen LogP contribution is -2.22. The second kappa shape index (κ2) is 4.74. The van der Waals surface area contributed by atoms with Gasteiger partial charge in [0.2, 0.25) is 0 Å². The average molecular weight is 342 g/mol. The highest BCUT2D eigenvalue weighted by molar-refractivity contribution is 14.1. The largest absolute Gasteiger partial charge is 0.381 e. The van der Waals surface area contributed by atoms with Crippen LogP contribution in [-0.4, -0.2) is 5.11 Å². The maximum absolute atomic E-state index is 13.2. The molecule has 0 saturated heterocycles. The van der Waals surface area contributed by atoms with E-state index in [0.717, 1.165) is 9.13 Å². The number of halogens is 2. The minimum Gasteiger partial charge on any atom is -0.381 e. The summed E-state index contributed by atoms with van der Waals surface area (Å²) >= 11 is 2.20. The SMILES string of the molecule is CC(O)(c1ccc(I)cc1)c1cccc(F)c1. The van der Waals surface area contributed by atoms with Crippen molar-refractivity contribution in [2.75, 3.05) is 0 Å². The van der Waals surface area contributed by atoms with Crippen LogP contribution in [0, 0.1) is 9.39 Å².